The minimum Gasteiger partial charge on any atom is -0.271 e. The summed E-state index contributed by atoms with van der Waals surface area (Å²) in [7, 11) is -3.05. The number of nitrogens with one attached hydrogen (secondary N) is 1. The van der Waals surface area contributed by atoms with Crippen molar-refractivity contribution in [2.45, 2.75) is 6.42 Å². The van der Waals surface area contributed by atoms with E-state index in [1.165, 1.54) is 5.56 Å². The molecular formula is C8H14N3OP. The summed E-state index contributed by atoms with van der Waals surface area (Å²) >= 11 is 0. The molecule has 0 unspecified atom stereocenters. The van der Waals surface area contributed by atoms with Crippen molar-refractivity contribution in [2.24, 2.45) is 11.0 Å². The summed E-state index contributed by atoms with van der Waals surface area (Å²) in [5, 5.41) is 2.58. The van der Waals surface area contributed by atoms with Crippen LogP contribution in [0.3, 0.4) is 0 Å². The first-order valence-corrected chi connectivity index (χ1v) is 5.89. The topological polar surface area (TPSA) is 81.1 Å². The molecule has 13 heavy (non-hydrogen) atoms. The lowest BCUT2D eigenvalue weighted by atomic mass is 10.2. The summed E-state index contributed by atoms with van der Waals surface area (Å²) < 4.78 is 10.8. The van der Waals surface area contributed by atoms with Crippen LogP contribution in [0, 0.1) is 0 Å². The van der Waals surface area contributed by atoms with Gasteiger partial charge in [0.05, 0.1) is 0 Å². The van der Waals surface area contributed by atoms with Crippen LogP contribution >= 0.6 is 7.59 Å². The SMILES string of the molecule is NP(N)(=O)NCCc1ccccc1. The minimum atomic E-state index is -3.05. The Kier molecular flexibility index (Phi) is 3.63. The zero-order valence-electron chi connectivity index (χ0n) is 7.31. The molecule has 0 saturated heterocycles. The first-order chi connectivity index (χ1) is 6.08. The minimum absolute atomic E-state index is 0.536. The van der Waals surface area contributed by atoms with E-state index >= 15 is 0 Å². The zero-order chi connectivity index (χ0) is 9.73. The molecule has 0 aliphatic carbocycles. The highest BCUT2D eigenvalue weighted by Crippen LogP contribution is 2.16. The van der Waals surface area contributed by atoms with Crippen LogP contribution in [-0.2, 0) is 11.0 Å². The smallest absolute Gasteiger partial charge is 0.271 e. The molecule has 4 nitrogen and oxygen atoms in total. The lowest BCUT2D eigenvalue weighted by Crippen LogP contribution is -2.24. The lowest BCUT2D eigenvalue weighted by molar-refractivity contribution is 0.566. The average Bonchev–Trinajstić information content (AvgIpc) is 2.04. The highest BCUT2D eigenvalue weighted by Gasteiger charge is 2.04. The van der Waals surface area contributed by atoms with Crippen molar-refractivity contribution in [1.82, 2.24) is 5.09 Å². The lowest BCUT2D eigenvalue weighted by Gasteiger charge is -2.07. The summed E-state index contributed by atoms with van der Waals surface area (Å²) in [6, 6.07) is 9.87. The van der Waals surface area contributed by atoms with Crippen LogP contribution in [0.2, 0.25) is 0 Å². The maximum Gasteiger partial charge on any atom is 0.273 e. The molecule has 0 amide bonds. The Hall–Kier alpha value is -0.670. The number of benzene rings is 1. The summed E-state index contributed by atoms with van der Waals surface area (Å²) in [6.07, 6.45) is 0.777. The van der Waals surface area contributed by atoms with E-state index < -0.39 is 7.59 Å². The van der Waals surface area contributed by atoms with Crippen LogP contribution in [0.4, 0.5) is 0 Å². The van der Waals surface area contributed by atoms with Gasteiger partial charge in [0.25, 0.3) is 7.59 Å². The Morgan fingerprint density at radius 3 is 2.38 bits per heavy atom. The monoisotopic (exact) mass is 199 g/mol. The van der Waals surface area contributed by atoms with Crippen LogP contribution < -0.4 is 16.1 Å². The van der Waals surface area contributed by atoms with Crippen LogP contribution in [0.25, 0.3) is 0 Å². The molecule has 1 rings (SSSR count). The van der Waals surface area contributed by atoms with Crippen molar-refractivity contribution in [3.63, 3.8) is 0 Å². The molecule has 0 aliphatic heterocycles. The standard InChI is InChI=1S/C8H14N3OP/c9-13(10,12)11-7-6-8-4-2-1-3-5-8/h1-5H,6-7H2,(H5,9,10,11,12). The number of nitrogens with two attached hydrogens (primary N) is 2. The summed E-state index contributed by atoms with van der Waals surface area (Å²) in [5.41, 5.74) is 11.4. The summed E-state index contributed by atoms with van der Waals surface area (Å²) in [4.78, 5) is 0. The molecule has 0 fully saturated rings. The van der Waals surface area contributed by atoms with Gasteiger partial charge in [-0.25, -0.2) is 5.09 Å². The van der Waals surface area contributed by atoms with E-state index in [2.05, 4.69) is 5.09 Å². The van der Waals surface area contributed by atoms with E-state index in [9.17, 15) is 4.57 Å². The molecule has 0 heterocycles. The quantitative estimate of drug-likeness (QED) is 0.628. The molecule has 5 N–H and O–H groups in total. The van der Waals surface area contributed by atoms with Gasteiger partial charge in [-0.1, -0.05) is 30.3 Å². The fraction of sp³-hybridized carbons (Fsp3) is 0.250. The van der Waals surface area contributed by atoms with E-state index in [-0.39, 0.29) is 0 Å². The predicted octanol–water partition coefficient (Wildman–Crippen LogP) is 0.844. The molecule has 1 aromatic carbocycles. The fourth-order valence-corrected chi connectivity index (χ4v) is 1.48. The number of hydrogen-bond acceptors (Lipinski definition) is 1. The molecular weight excluding hydrogens is 185 g/mol. The zero-order valence-corrected chi connectivity index (χ0v) is 8.21. The molecule has 0 aliphatic rings. The van der Waals surface area contributed by atoms with Gasteiger partial charge in [0.15, 0.2) is 0 Å². The second kappa shape index (κ2) is 4.53. The van der Waals surface area contributed by atoms with Crippen LogP contribution in [0.1, 0.15) is 5.56 Å². The van der Waals surface area contributed by atoms with Gasteiger partial charge in [-0.2, -0.15) is 0 Å². The predicted molar refractivity (Wildman–Crippen MR) is 54.1 cm³/mol. The van der Waals surface area contributed by atoms with Gasteiger partial charge < -0.3 is 0 Å². The molecule has 5 heteroatoms. The average molecular weight is 199 g/mol. The second-order valence-electron chi connectivity index (χ2n) is 2.85. The summed E-state index contributed by atoms with van der Waals surface area (Å²) in [6.45, 7) is 0.536. The molecule has 0 saturated carbocycles. The van der Waals surface area contributed by atoms with Crippen molar-refractivity contribution in [3.05, 3.63) is 35.9 Å². The van der Waals surface area contributed by atoms with Crippen LogP contribution in [0.5, 0.6) is 0 Å². The normalized spacial score (nSPS) is 11.5. The third kappa shape index (κ3) is 4.80. The van der Waals surface area contributed by atoms with Gasteiger partial charge in [-0.15, -0.1) is 0 Å². The first-order valence-electron chi connectivity index (χ1n) is 4.04. The van der Waals surface area contributed by atoms with Gasteiger partial charge in [0.2, 0.25) is 0 Å². The molecule has 0 aromatic heterocycles. The van der Waals surface area contributed by atoms with Crippen LogP contribution in [0.15, 0.2) is 30.3 Å². The van der Waals surface area contributed by atoms with Crippen molar-refractivity contribution < 1.29 is 4.57 Å². The van der Waals surface area contributed by atoms with E-state index in [0.717, 1.165) is 6.42 Å². The van der Waals surface area contributed by atoms with Crippen molar-refractivity contribution >= 4 is 7.59 Å². The maximum atomic E-state index is 10.8. The van der Waals surface area contributed by atoms with Gasteiger partial charge in [0.1, 0.15) is 0 Å². The third-order valence-corrected chi connectivity index (χ3v) is 2.33. The molecule has 0 radical (unpaired) electrons. The van der Waals surface area contributed by atoms with Gasteiger partial charge in [-0.05, 0) is 12.0 Å². The van der Waals surface area contributed by atoms with Gasteiger partial charge in [-0.3, -0.25) is 15.6 Å². The van der Waals surface area contributed by atoms with Crippen molar-refractivity contribution in [1.29, 1.82) is 0 Å². The Balaban J connectivity index is 2.33. The molecule has 0 bridgehead atoms. The Morgan fingerprint density at radius 1 is 1.23 bits per heavy atom. The second-order valence-corrected chi connectivity index (χ2v) is 4.59. The Morgan fingerprint density at radius 2 is 1.85 bits per heavy atom. The fourth-order valence-electron chi connectivity index (χ4n) is 1.02. The number of hydrogen-bond donors (Lipinski definition) is 3. The molecule has 0 spiro atoms. The molecule has 0 atom stereocenters. The first kappa shape index (κ1) is 10.4. The van der Waals surface area contributed by atoms with E-state index in [4.69, 9.17) is 11.0 Å². The summed E-state index contributed by atoms with van der Waals surface area (Å²) in [5.74, 6) is 0. The molecule has 72 valence electrons. The van der Waals surface area contributed by atoms with Crippen LogP contribution in [-0.4, -0.2) is 6.54 Å². The van der Waals surface area contributed by atoms with Gasteiger partial charge >= 0.3 is 0 Å². The Labute approximate surface area is 77.8 Å². The third-order valence-electron chi connectivity index (χ3n) is 1.62. The van der Waals surface area contributed by atoms with E-state index in [0.29, 0.717) is 6.54 Å². The van der Waals surface area contributed by atoms with Gasteiger partial charge in [0, 0.05) is 6.54 Å². The Bertz CT molecular complexity index is 296. The highest BCUT2D eigenvalue weighted by molar-refractivity contribution is 7.56. The number of rotatable bonds is 4. The van der Waals surface area contributed by atoms with Crippen molar-refractivity contribution in [2.75, 3.05) is 6.54 Å². The molecule has 1 aromatic rings. The van der Waals surface area contributed by atoms with E-state index in [1.54, 1.807) is 0 Å². The maximum absolute atomic E-state index is 10.8. The largest absolute Gasteiger partial charge is 0.273 e. The van der Waals surface area contributed by atoms with E-state index in [1.807, 2.05) is 30.3 Å². The van der Waals surface area contributed by atoms with Crippen molar-refractivity contribution in [3.8, 4) is 0 Å². The highest BCUT2D eigenvalue weighted by atomic mass is 31.2.